The summed E-state index contributed by atoms with van der Waals surface area (Å²) in [7, 11) is 3.84. The Morgan fingerprint density at radius 2 is 2.17 bits per heavy atom. The molecule has 0 aliphatic carbocycles. The number of benzene rings is 1. The van der Waals surface area contributed by atoms with Crippen molar-refractivity contribution >= 4 is 5.91 Å². The van der Waals surface area contributed by atoms with Crippen molar-refractivity contribution in [2.45, 2.75) is 39.4 Å². The van der Waals surface area contributed by atoms with E-state index in [0.717, 1.165) is 29.7 Å². The maximum atomic E-state index is 12.6. The molecular weight excluding hydrogens is 288 g/mol. The molecule has 124 valence electrons. The Balaban J connectivity index is 2.03. The largest absolute Gasteiger partial charge is 0.350 e. The molecule has 0 bridgehead atoms. The molecule has 1 aromatic carbocycles. The van der Waals surface area contributed by atoms with Crippen molar-refractivity contribution in [2.75, 3.05) is 14.1 Å². The second-order valence-corrected chi connectivity index (χ2v) is 6.11. The number of carbonyl (C=O) groups excluding carboxylic acids is 1. The predicted octanol–water partition coefficient (Wildman–Crippen LogP) is 2.52. The number of aryl methyl sites for hydroxylation is 2. The van der Waals surface area contributed by atoms with Gasteiger partial charge in [0.1, 0.15) is 6.04 Å². The van der Waals surface area contributed by atoms with Crippen LogP contribution in [0, 0.1) is 6.92 Å². The smallest absolute Gasteiger partial charge is 0.242 e. The summed E-state index contributed by atoms with van der Waals surface area (Å²) in [5.74, 6) is 0.00356. The maximum absolute atomic E-state index is 12.6. The van der Waals surface area contributed by atoms with E-state index in [-0.39, 0.29) is 11.9 Å². The molecule has 1 unspecified atom stereocenters. The molecule has 5 heteroatoms. The molecule has 2 aromatic rings. The van der Waals surface area contributed by atoms with Gasteiger partial charge >= 0.3 is 0 Å². The van der Waals surface area contributed by atoms with Crippen LogP contribution in [0.1, 0.15) is 36.1 Å². The number of rotatable bonds is 7. The molecule has 0 aliphatic rings. The Bertz CT molecular complexity index is 648. The molecule has 0 aliphatic heterocycles. The van der Waals surface area contributed by atoms with Gasteiger partial charge in [0.25, 0.3) is 0 Å². The first-order chi connectivity index (χ1) is 11.0. The number of carbonyl (C=O) groups is 1. The second-order valence-electron chi connectivity index (χ2n) is 6.11. The molecule has 1 heterocycles. The summed E-state index contributed by atoms with van der Waals surface area (Å²) in [6.45, 7) is 5.55. The van der Waals surface area contributed by atoms with E-state index in [2.05, 4.69) is 23.4 Å². The lowest BCUT2D eigenvalue weighted by Gasteiger charge is -2.24. The zero-order valence-corrected chi connectivity index (χ0v) is 14.4. The SMILES string of the molecule is CCCn1cc(CNC(=O)C(c2cccc(C)c2)N(C)C)cn1. The Labute approximate surface area is 138 Å². The van der Waals surface area contributed by atoms with Gasteiger partial charge < -0.3 is 5.32 Å². The van der Waals surface area contributed by atoms with Crippen LogP contribution in [0.15, 0.2) is 36.7 Å². The van der Waals surface area contributed by atoms with Gasteiger partial charge in [0.15, 0.2) is 0 Å². The lowest BCUT2D eigenvalue weighted by molar-refractivity contribution is -0.125. The summed E-state index contributed by atoms with van der Waals surface area (Å²) in [4.78, 5) is 14.6. The van der Waals surface area contributed by atoms with Crippen molar-refractivity contribution in [3.63, 3.8) is 0 Å². The molecule has 23 heavy (non-hydrogen) atoms. The van der Waals surface area contributed by atoms with Crippen LogP contribution in [0.25, 0.3) is 0 Å². The maximum Gasteiger partial charge on any atom is 0.242 e. The summed E-state index contributed by atoms with van der Waals surface area (Å²) in [6.07, 6.45) is 4.85. The van der Waals surface area contributed by atoms with Crippen molar-refractivity contribution in [1.82, 2.24) is 20.0 Å². The highest BCUT2D eigenvalue weighted by Gasteiger charge is 2.22. The van der Waals surface area contributed by atoms with E-state index in [1.165, 1.54) is 0 Å². The number of hydrogen-bond acceptors (Lipinski definition) is 3. The van der Waals surface area contributed by atoms with Crippen LogP contribution < -0.4 is 5.32 Å². The van der Waals surface area contributed by atoms with Crippen LogP contribution >= 0.6 is 0 Å². The number of nitrogens with one attached hydrogen (secondary N) is 1. The average molecular weight is 314 g/mol. The van der Waals surface area contributed by atoms with E-state index < -0.39 is 0 Å². The van der Waals surface area contributed by atoms with E-state index in [1.54, 1.807) is 0 Å². The molecule has 0 saturated carbocycles. The molecule has 1 N–H and O–H groups in total. The second kappa shape index (κ2) is 7.92. The van der Waals surface area contributed by atoms with Gasteiger partial charge in [0.05, 0.1) is 6.20 Å². The highest BCUT2D eigenvalue weighted by Crippen LogP contribution is 2.19. The first-order valence-corrected chi connectivity index (χ1v) is 8.03. The first kappa shape index (κ1) is 17.2. The third-order valence-electron chi connectivity index (χ3n) is 3.73. The molecule has 1 amide bonds. The average Bonchev–Trinajstić information content (AvgIpc) is 2.93. The fraction of sp³-hybridized carbons (Fsp3) is 0.444. The number of amides is 1. The van der Waals surface area contributed by atoms with Crippen LogP contribution in [-0.2, 0) is 17.9 Å². The fourth-order valence-electron chi connectivity index (χ4n) is 2.66. The summed E-state index contributed by atoms with van der Waals surface area (Å²) < 4.78 is 1.91. The Morgan fingerprint density at radius 1 is 1.39 bits per heavy atom. The number of nitrogens with zero attached hydrogens (tertiary/aromatic N) is 3. The summed E-state index contributed by atoms with van der Waals surface area (Å²) in [6, 6.07) is 7.79. The summed E-state index contributed by atoms with van der Waals surface area (Å²) in [5, 5.41) is 7.31. The lowest BCUT2D eigenvalue weighted by Crippen LogP contribution is -2.36. The standard InChI is InChI=1S/C18H26N4O/c1-5-9-22-13-15(12-20-22)11-19-18(23)17(21(3)4)16-8-6-7-14(2)10-16/h6-8,10,12-13,17H,5,9,11H2,1-4H3,(H,19,23). The van der Waals surface area contributed by atoms with Crippen LogP contribution in [0.3, 0.4) is 0 Å². The summed E-state index contributed by atoms with van der Waals surface area (Å²) in [5.41, 5.74) is 3.19. The van der Waals surface area contributed by atoms with E-state index in [9.17, 15) is 4.79 Å². The van der Waals surface area contributed by atoms with Crippen molar-refractivity contribution in [3.05, 3.63) is 53.3 Å². The molecule has 0 saturated heterocycles. The zero-order valence-electron chi connectivity index (χ0n) is 14.4. The van der Waals surface area contributed by atoms with Crippen LogP contribution in [0.5, 0.6) is 0 Å². The van der Waals surface area contributed by atoms with Crippen molar-refractivity contribution in [1.29, 1.82) is 0 Å². The quantitative estimate of drug-likeness (QED) is 0.854. The molecule has 0 radical (unpaired) electrons. The van der Waals surface area contributed by atoms with Crippen molar-refractivity contribution < 1.29 is 4.79 Å². The molecule has 1 aromatic heterocycles. The number of hydrogen-bond donors (Lipinski definition) is 1. The van der Waals surface area contributed by atoms with Crippen molar-refractivity contribution in [2.24, 2.45) is 0 Å². The van der Waals surface area contributed by atoms with Gasteiger partial charge in [-0.1, -0.05) is 36.8 Å². The molecule has 0 spiro atoms. The Kier molecular flexibility index (Phi) is 5.93. The fourth-order valence-corrected chi connectivity index (χ4v) is 2.66. The van der Waals surface area contributed by atoms with Gasteiger partial charge in [-0.3, -0.25) is 14.4 Å². The topological polar surface area (TPSA) is 50.2 Å². The van der Waals surface area contributed by atoms with E-state index >= 15 is 0 Å². The Hall–Kier alpha value is -2.14. The predicted molar refractivity (Wildman–Crippen MR) is 92.0 cm³/mol. The van der Waals surface area contributed by atoms with E-state index in [1.807, 2.05) is 61.2 Å². The minimum Gasteiger partial charge on any atom is -0.350 e. The van der Waals surface area contributed by atoms with Crippen LogP contribution in [-0.4, -0.2) is 34.7 Å². The highest BCUT2D eigenvalue weighted by molar-refractivity contribution is 5.83. The molecule has 5 nitrogen and oxygen atoms in total. The van der Waals surface area contributed by atoms with Gasteiger partial charge in [-0.05, 0) is 33.0 Å². The molecule has 2 rings (SSSR count). The third kappa shape index (κ3) is 4.66. The van der Waals surface area contributed by atoms with E-state index in [4.69, 9.17) is 0 Å². The van der Waals surface area contributed by atoms with Gasteiger partial charge in [0.2, 0.25) is 5.91 Å². The normalized spacial score (nSPS) is 12.4. The number of likely N-dealkylation sites (N-methyl/N-ethyl adjacent to an activating group) is 1. The minimum absolute atomic E-state index is 0.00356. The van der Waals surface area contributed by atoms with Crippen molar-refractivity contribution in [3.8, 4) is 0 Å². The zero-order chi connectivity index (χ0) is 16.8. The lowest BCUT2D eigenvalue weighted by atomic mass is 10.0. The van der Waals surface area contributed by atoms with Crippen LogP contribution in [0.4, 0.5) is 0 Å². The van der Waals surface area contributed by atoms with Crippen LogP contribution in [0.2, 0.25) is 0 Å². The van der Waals surface area contributed by atoms with Gasteiger partial charge in [0, 0.05) is 24.8 Å². The molecule has 0 fully saturated rings. The minimum atomic E-state index is -0.291. The monoisotopic (exact) mass is 314 g/mol. The van der Waals surface area contributed by atoms with Gasteiger partial charge in [-0.2, -0.15) is 5.10 Å². The Morgan fingerprint density at radius 3 is 2.83 bits per heavy atom. The third-order valence-corrected chi connectivity index (χ3v) is 3.73. The summed E-state index contributed by atoms with van der Waals surface area (Å²) >= 11 is 0. The molecular formula is C18H26N4O. The first-order valence-electron chi connectivity index (χ1n) is 8.03. The highest BCUT2D eigenvalue weighted by atomic mass is 16.2. The molecule has 1 atom stereocenters. The van der Waals surface area contributed by atoms with Gasteiger partial charge in [-0.25, -0.2) is 0 Å². The van der Waals surface area contributed by atoms with E-state index in [0.29, 0.717) is 6.54 Å². The van der Waals surface area contributed by atoms with Gasteiger partial charge in [-0.15, -0.1) is 0 Å². The number of aromatic nitrogens is 2.